The minimum Gasteiger partial charge on any atom is -0.397 e. The van der Waals surface area contributed by atoms with Crippen molar-refractivity contribution in [2.75, 3.05) is 11.1 Å². The maximum absolute atomic E-state index is 13.2. The van der Waals surface area contributed by atoms with Gasteiger partial charge in [-0.3, -0.25) is 0 Å². The van der Waals surface area contributed by atoms with Crippen molar-refractivity contribution in [3.05, 3.63) is 40.1 Å². The molecule has 96 valence electrons. The molecular formula is C13H16FN3S. The molecule has 0 saturated heterocycles. The van der Waals surface area contributed by atoms with Crippen LogP contribution in [0.1, 0.15) is 29.8 Å². The predicted octanol–water partition coefficient (Wildman–Crippen LogP) is 3.60. The number of benzene rings is 1. The average molecular weight is 265 g/mol. The molecule has 2 rings (SSSR count). The van der Waals surface area contributed by atoms with Gasteiger partial charge in [0.15, 0.2) is 0 Å². The number of nitrogens with two attached hydrogens (primary N) is 1. The van der Waals surface area contributed by atoms with Crippen LogP contribution in [0.3, 0.4) is 0 Å². The van der Waals surface area contributed by atoms with Gasteiger partial charge in [0, 0.05) is 11.1 Å². The summed E-state index contributed by atoms with van der Waals surface area (Å²) in [6, 6.07) is 4.33. The van der Waals surface area contributed by atoms with Gasteiger partial charge in [0.1, 0.15) is 10.8 Å². The standard InChI is InChI=1S/C13H16FN3S/c1-3-10-7-16-13(18-10)8(2)17-12-6-9(14)4-5-11(12)15/h4-8,17H,3,15H2,1-2H3. The minimum atomic E-state index is -0.299. The van der Waals surface area contributed by atoms with Crippen molar-refractivity contribution < 1.29 is 4.39 Å². The number of anilines is 2. The molecule has 0 radical (unpaired) electrons. The fourth-order valence-corrected chi connectivity index (χ4v) is 2.49. The van der Waals surface area contributed by atoms with Gasteiger partial charge in [-0.1, -0.05) is 6.92 Å². The molecule has 2 aromatic rings. The summed E-state index contributed by atoms with van der Waals surface area (Å²) in [5.41, 5.74) is 6.95. The first-order valence-corrected chi connectivity index (χ1v) is 6.68. The van der Waals surface area contributed by atoms with Crippen molar-refractivity contribution in [2.45, 2.75) is 26.3 Å². The Hall–Kier alpha value is -1.62. The minimum absolute atomic E-state index is 0.0133. The normalized spacial score (nSPS) is 12.4. The van der Waals surface area contributed by atoms with E-state index in [1.165, 1.54) is 17.0 Å². The van der Waals surface area contributed by atoms with Crippen LogP contribution in [0.25, 0.3) is 0 Å². The van der Waals surface area contributed by atoms with Gasteiger partial charge >= 0.3 is 0 Å². The molecule has 0 spiro atoms. The average Bonchev–Trinajstić information content (AvgIpc) is 2.82. The van der Waals surface area contributed by atoms with E-state index in [0.717, 1.165) is 11.4 Å². The molecule has 18 heavy (non-hydrogen) atoms. The molecule has 0 fully saturated rings. The Balaban J connectivity index is 2.15. The first kappa shape index (κ1) is 12.8. The van der Waals surface area contributed by atoms with Crippen LogP contribution in [-0.4, -0.2) is 4.98 Å². The van der Waals surface area contributed by atoms with Crippen LogP contribution in [0.15, 0.2) is 24.4 Å². The monoisotopic (exact) mass is 265 g/mol. The van der Waals surface area contributed by atoms with E-state index >= 15 is 0 Å². The van der Waals surface area contributed by atoms with Crippen LogP contribution in [-0.2, 0) is 6.42 Å². The summed E-state index contributed by atoms with van der Waals surface area (Å²) in [6.45, 7) is 4.09. The lowest BCUT2D eigenvalue weighted by atomic mass is 10.2. The SMILES string of the molecule is CCc1cnc(C(C)Nc2cc(F)ccc2N)s1. The lowest BCUT2D eigenvalue weighted by Crippen LogP contribution is -2.08. The largest absolute Gasteiger partial charge is 0.397 e. The molecule has 1 aromatic carbocycles. The van der Waals surface area contributed by atoms with Gasteiger partial charge in [0.05, 0.1) is 17.4 Å². The third-order valence-electron chi connectivity index (χ3n) is 2.68. The van der Waals surface area contributed by atoms with Gasteiger partial charge in [-0.05, 0) is 31.5 Å². The number of hydrogen-bond acceptors (Lipinski definition) is 4. The molecule has 0 aliphatic heterocycles. The topological polar surface area (TPSA) is 50.9 Å². The Morgan fingerprint density at radius 2 is 2.28 bits per heavy atom. The second kappa shape index (κ2) is 5.35. The van der Waals surface area contributed by atoms with Crippen molar-refractivity contribution in [3.8, 4) is 0 Å². The summed E-state index contributed by atoms with van der Waals surface area (Å²) in [5.74, 6) is -0.299. The number of nitrogens with one attached hydrogen (secondary N) is 1. The Morgan fingerprint density at radius 1 is 1.50 bits per heavy atom. The molecule has 3 nitrogen and oxygen atoms in total. The summed E-state index contributed by atoms with van der Waals surface area (Å²) >= 11 is 1.66. The molecule has 0 aliphatic carbocycles. The molecule has 1 atom stereocenters. The summed E-state index contributed by atoms with van der Waals surface area (Å²) in [4.78, 5) is 5.60. The van der Waals surface area contributed by atoms with E-state index in [0.29, 0.717) is 11.4 Å². The molecule has 5 heteroatoms. The van der Waals surface area contributed by atoms with E-state index in [1.807, 2.05) is 13.1 Å². The number of halogens is 1. The highest BCUT2D eigenvalue weighted by molar-refractivity contribution is 7.11. The van der Waals surface area contributed by atoms with Gasteiger partial charge < -0.3 is 11.1 Å². The van der Waals surface area contributed by atoms with E-state index in [4.69, 9.17) is 5.73 Å². The lowest BCUT2D eigenvalue weighted by Gasteiger charge is -2.14. The van der Waals surface area contributed by atoms with Crippen molar-refractivity contribution >= 4 is 22.7 Å². The molecule has 0 amide bonds. The van der Waals surface area contributed by atoms with Crippen LogP contribution in [0.2, 0.25) is 0 Å². The highest BCUT2D eigenvalue weighted by atomic mass is 32.1. The Kier molecular flexibility index (Phi) is 3.81. The molecule has 0 bridgehead atoms. The Labute approximate surface area is 110 Å². The van der Waals surface area contributed by atoms with E-state index in [2.05, 4.69) is 17.2 Å². The second-order valence-electron chi connectivity index (χ2n) is 4.12. The van der Waals surface area contributed by atoms with Gasteiger partial charge in [0.25, 0.3) is 0 Å². The maximum Gasteiger partial charge on any atom is 0.125 e. The first-order valence-electron chi connectivity index (χ1n) is 5.86. The zero-order chi connectivity index (χ0) is 13.1. The molecule has 1 heterocycles. The summed E-state index contributed by atoms with van der Waals surface area (Å²) in [6.07, 6.45) is 2.86. The van der Waals surface area contributed by atoms with Gasteiger partial charge in [-0.2, -0.15) is 0 Å². The molecular weight excluding hydrogens is 249 g/mol. The molecule has 1 aromatic heterocycles. The maximum atomic E-state index is 13.2. The number of aryl methyl sites for hydroxylation is 1. The van der Waals surface area contributed by atoms with Crippen molar-refractivity contribution in [2.24, 2.45) is 0 Å². The molecule has 1 unspecified atom stereocenters. The van der Waals surface area contributed by atoms with Crippen LogP contribution < -0.4 is 11.1 Å². The highest BCUT2D eigenvalue weighted by Gasteiger charge is 2.11. The van der Waals surface area contributed by atoms with Crippen LogP contribution in [0.4, 0.5) is 15.8 Å². The van der Waals surface area contributed by atoms with Crippen LogP contribution >= 0.6 is 11.3 Å². The number of rotatable bonds is 4. The summed E-state index contributed by atoms with van der Waals surface area (Å²) < 4.78 is 13.2. The van der Waals surface area contributed by atoms with E-state index in [1.54, 1.807) is 17.4 Å². The van der Waals surface area contributed by atoms with Gasteiger partial charge in [-0.25, -0.2) is 9.37 Å². The van der Waals surface area contributed by atoms with Crippen molar-refractivity contribution in [1.29, 1.82) is 0 Å². The number of aromatic nitrogens is 1. The summed E-state index contributed by atoms with van der Waals surface area (Å²) in [5, 5.41) is 4.17. The van der Waals surface area contributed by atoms with Crippen LogP contribution in [0, 0.1) is 5.82 Å². The van der Waals surface area contributed by atoms with Gasteiger partial charge in [0.2, 0.25) is 0 Å². The third kappa shape index (κ3) is 2.79. The fraction of sp³-hybridized carbons (Fsp3) is 0.308. The van der Waals surface area contributed by atoms with E-state index in [9.17, 15) is 4.39 Å². The molecule has 0 saturated carbocycles. The van der Waals surface area contributed by atoms with Crippen molar-refractivity contribution in [3.63, 3.8) is 0 Å². The van der Waals surface area contributed by atoms with E-state index in [-0.39, 0.29) is 11.9 Å². The smallest absolute Gasteiger partial charge is 0.125 e. The Morgan fingerprint density at radius 3 is 2.94 bits per heavy atom. The summed E-state index contributed by atoms with van der Waals surface area (Å²) in [7, 11) is 0. The number of hydrogen-bond donors (Lipinski definition) is 2. The zero-order valence-electron chi connectivity index (χ0n) is 10.4. The first-order chi connectivity index (χ1) is 8.60. The van der Waals surface area contributed by atoms with Gasteiger partial charge in [-0.15, -0.1) is 11.3 Å². The lowest BCUT2D eigenvalue weighted by molar-refractivity contribution is 0.628. The van der Waals surface area contributed by atoms with Crippen molar-refractivity contribution in [1.82, 2.24) is 4.98 Å². The Bertz CT molecular complexity index is 539. The highest BCUT2D eigenvalue weighted by Crippen LogP contribution is 2.27. The quantitative estimate of drug-likeness (QED) is 0.830. The number of thiazole rings is 1. The number of nitrogens with zero attached hydrogens (tertiary/aromatic N) is 1. The molecule has 3 N–H and O–H groups in total. The van der Waals surface area contributed by atoms with Crippen LogP contribution in [0.5, 0.6) is 0 Å². The molecule has 0 aliphatic rings. The third-order valence-corrected chi connectivity index (χ3v) is 4.00. The zero-order valence-corrected chi connectivity index (χ0v) is 11.2. The fourth-order valence-electron chi connectivity index (χ4n) is 1.63. The second-order valence-corrected chi connectivity index (χ2v) is 5.26. The van der Waals surface area contributed by atoms with E-state index < -0.39 is 0 Å². The predicted molar refractivity (Wildman–Crippen MR) is 74.3 cm³/mol. The number of nitrogen functional groups attached to an aromatic ring is 1.